The van der Waals surface area contributed by atoms with Gasteiger partial charge in [-0.05, 0) is 25.0 Å². The van der Waals surface area contributed by atoms with Crippen LogP contribution in [-0.4, -0.2) is 33.2 Å². The van der Waals surface area contributed by atoms with Crippen LogP contribution in [0.15, 0.2) is 29.2 Å². The van der Waals surface area contributed by atoms with Crippen molar-refractivity contribution in [2.45, 2.75) is 23.8 Å². The Labute approximate surface area is 101 Å². The molecule has 2 rings (SSSR count). The Balaban J connectivity index is 2.15. The smallest absolute Gasteiger partial charge is 0.180 e. The predicted molar refractivity (Wildman–Crippen MR) is 62.9 cm³/mol. The van der Waals surface area contributed by atoms with Crippen LogP contribution in [0, 0.1) is 0 Å². The van der Waals surface area contributed by atoms with Gasteiger partial charge in [0.25, 0.3) is 0 Å². The number of hydrogen-bond acceptors (Lipinski definition) is 4. The molecule has 1 saturated heterocycles. The Kier molecular flexibility index (Phi) is 3.59. The topological polar surface area (TPSA) is 60.4 Å². The van der Waals surface area contributed by atoms with Crippen LogP contribution in [0.1, 0.15) is 23.2 Å². The van der Waals surface area contributed by atoms with E-state index in [0.29, 0.717) is 18.5 Å². The molecule has 5 heteroatoms. The molecule has 1 heterocycles. The molecule has 4 nitrogen and oxygen atoms in total. The number of sulfone groups is 1. The molecule has 1 atom stereocenters. The first kappa shape index (κ1) is 12.3. The second-order valence-corrected chi connectivity index (χ2v) is 6.14. The molecule has 1 aliphatic rings. The van der Waals surface area contributed by atoms with Crippen LogP contribution in [0.2, 0.25) is 0 Å². The summed E-state index contributed by atoms with van der Waals surface area (Å²) >= 11 is 0. The molecule has 0 N–H and O–H groups in total. The Morgan fingerprint density at radius 2 is 2.00 bits per heavy atom. The molecule has 0 radical (unpaired) electrons. The lowest BCUT2D eigenvalue weighted by atomic mass is 10.2. The zero-order valence-electron chi connectivity index (χ0n) is 9.33. The molecule has 1 aliphatic heterocycles. The summed E-state index contributed by atoms with van der Waals surface area (Å²) in [6.07, 6.45) is 2.22. The maximum absolute atomic E-state index is 12.0. The van der Waals surface area contributed by atoms with Crippen LogP contribution >= 0.6 is 0 Å². The molecule has 0 amide bonds. The fourth-order valence-electron chi connectivity index (χ4n) is 1.87. The first-order chi connectivity index (χ1) is 8.12. The second kappa shape index (κ2) is 4.98. The van der Waals surface area contributed by atoms with Crippen LogP contribution < -0.4 is 0 Å². The average molecular weight is 254 g/mol. The largest absolute Gasteiger partial charge is 0.377 e. The van der Waals surface area contributed by atoms with Crippen molar-refractivity contribution in [1.29, 1.82) is 0 Å². The Morgan fingerprint density at radius 1 is 1.29 bits per heavy atom. The van der Waals surface area contributed by atoms with Crippen molar-refractivity contribution in [2.75, 3.05) is 12.4 Å². The minimum atomic E-state index is -3.31. The highest BCUT2D eigenvalue weighted by atomic mass is 32.2. The molecule has 0 saturated carbocycles. The maximum atomic E-state index is 12.0. The third kappa shape index (κ3) is 2.92. The average Bonchev–Trinajstić information content (AvgIpc) is 2.81. The third-order valence-corrected chi connectivity index (χ3v) is 4.61. The highest BCUT2D eigenvalue weighted by molar-refractivity contribution is 7.91. The van der Waals surface area contributed by atoms with E-state index in [1.54, 1.807) is 0 Å². The summed E-state index contributed by atoms with van der Waals surface area (Å²) in [5, 5.41) is 0. The molecule has 0 bridgehead atoms. The fourth-order valence-corrected chi connectivity index (χ4v) is 3.37. The van der Waals surface area contributed by atoms with Crippen molar-refractivity contribution >= 4 is 16.1 Å². The van der Waals surface area contributed by atoms with Crippen molar-refractivity contribution in [2.24, 2.45) is 0 Å². The quantitative estimate of drug-likeness (QED) is 0.763. The molecule has 0 aromatic heterocycles. The summed E-state index contributed by atoms with van der Waals surface area (Å²) in [6, 6.07) is 5.95. The van der Waals surface area contributed by atoms with Crippen LogP contribution in [0.25, 0.3) is 0 Å². The van der Waals surface area contributed by atoms with Gasteiger partial charge in [-0.15, -0.1) is 0 Å². The SMILES string of the molecule is O=Cc1ccc(S(=O)(=O)C[C@H]2CCCO2)cc1. The van der Waals surface area contributed by atoms with Crippen LogP contribution in [0.3, 0.4) is 0 Å². The van der Waals surface area contributed by atoms with Gasteiger partial charge in [0.05, 0.1) is 16.8 Å². The molecule has 1 fully saturated rings. The van der Waals surface area contributed by atoms with Gasteiger partial charge in [0.15, 0.2) is 9.84 Å². The number of aldehydes is 1. The summed E-state index contributed by atoms with van der Waals surface area (Å²) in [7, 11) is -3.31. The normalized spacial score (nSPS) is 20.4. The van der Waals surface area contributed by atoms with Crippen molar-refractivity contribution in [3.63, 3.8) is 0 Å². The van der Waals surface area contributed by atoms with E-state index in [9.17, 15) is 13.2 Å². The van der Waals surface area contributed by atoms with Gasteiger partial charge in [0, 0.05) is 12.2 Å². The lowest BCUT2D eigenvalue weighted by molar-refractivity contribution is 0.112. The van der Waals surface area contributed by atoms with E-state index in [4.69, 9.17) is 4.74 Å². The van der Waals surface area contributed by atoms with E-state index in [-0.39, 0.29) is 16.8 Å². The standard InChI is InChI=1S/C12H14O4S/c13-8-10-3-5-12(6-4-10)17(14,15)9-11-2-1-7-16-11/h3-6,8,11H,1-2,7,9H2/t11-/m1/s1. The van der Waals surface area contributed by atoms with E-state index in [1.165, 1.54) is 24.3 Å². The number of carbonyl (C=O) groups excluding carboxylic acids is 1. The summed E-state index contributed by atoms with van der Waals surface area (Å²) < 4.78 is 29.4. The van der Waals surface area contributed by atoms with Crippen molar-refractivity contribution < 1.29 is 17.9 Å². The molecule has 0 spiro atoms. The van der Waals surface area contributed by atoms with Gasteiger partial charge in [-0.1, -0.05) is 12.1 Å². The van der Waals surface area contributed by atoms with E-state index in [0.717, 1.165) is 12.8 Å². The first-order valence-electron chi connectivity index (χ1n) is 5.51. The van der Waals surface area contributed by atoms with E-state index in [1.807, 2.05) is 0 Å². The van der Waals surface area contributed by atoms with Gasteiger partial charge in [-0.2, -0.15) is 0 Å². The monoisotopic (exact) mass is 254 g/mol. The molecular formula is C12H14O4S. The van der Waals surface area contributed by atoms with Gasteiger partial charge in [0.2, 0.25) is 0 Å². The van der Waals surface area contributed by atoms with Crippen molar-refractivity contribution in [3.05, 3.63) is 29.8 Å². The molecule has 92 valence electrons. The number of ether oxygens (including phenoxy) is 1. The Hall–Kier alpha value is -1.20. The zero-order chi connectivity index (χ0) is 12.3. The highest BCUT2D eigenvalue weighted by Crippen LogP contribution is 2.19. The van der Waals surface area contributed by atoms with Gasteiger partial charge >= 0.3 is 0 Å². The number of benzene rings is 1. The second-order valence-electron chi connectivity index (χ2n) is 4.10. The molecule has 1 aromatic rings. The summed E-state index contributed by atoms with van der Waals surface area (Å²) in [5.74, 6) is 0.0213. The summed E-state index contributed by atoms with van der Waals surface area (Å²) in [6.45, 7) is 0.643. The van der Waals surface area contributed by atoms with Gasteiger partial charge in [-0.3, -0.25) is 4.79 Å². The van der Waals surface area contributed by atoms with Gasteiger partial charge < -0.3 is 4.74 Å². The van der Waals surface area contributed by atoms with Crippen molar-refractivity contribution in [3.8, 4) is 0 Å². The minimum Gasteiger partial charge on any atom is -0.377 e. The summed E-state index contributed by atoms with van der Waals surface area (Å²) in [5.41, 5.74) is 0.473. The Bertz CT molecular complexity index is 484. The van der Waals surface area contributed by atoms with Crippen LogP contribution in [0.5, 0.6) is 0 Å². The van der Waals surface area contributed by atoms with Gasteiger partial charge in [0.1, 0.15) is 6.29 Å². The maximum Gasteiger partial charge on any atom is 0.180 e. The zero-order valence-corrected chi connectivity index (χ0v) is 10.2. The number of rotatable bonds is 4. The van der Waals surface area contributed by atoms with E-state index >= 15 is 0 Å². The third-order valence-electron chi connectivity index (χ3n) is 2.80. The predicted octanol–water partition coefficient (Wildman–Crippen LogP) is 1.45. The lowest BCUT2D eigenvalue weighted by Crippen LogP contribution is -2.20. The minimum absolute atomic E-state index is 0.0213. The van der Waals surface area contributed by atoms with Gasteiger partial charge in [-0.25, -0.2) is 8.42 Å². The van der Waals surface area contributed by atoms with Crippen molar-refractivity contribution in [1.82, 2.24) is 0 Å². The van der Waals surface area contributed by atoms with Crippen LogP contribution in [-0.2, 0) is 14.6 Å². The fraction of sp³-hybridized carbons (Fsp3) is 0.417. The molecule has 0 aliphatic carbocycles. The number of hydrogen-bond donors (Lipinski definition) is 0. The molecular weight excluding hydrogens is 240 g/mol. The first-order valence-corrected chi connectivity index (χ1v) is 7.17. The molecule has 1 aromatic carbocycles. The van der Waals surface area contributed by atoms with E-state index in [2.05, 4.69) is 0 Å². The lowest BCUT2D eigenvalue weighted by Gasteiger charge is -2.10. The molecule has 0 unspecified atom stereocenters. The molecule has 17 heavy (non-hydrogen) atoms. The highest BCUT2D eigenvalue weighted by Gasteiger charge is 2.24. The summed E-state index contributed by atoms with van der Waals surface area (Å²) in [4.78, 5) is 10.7. The van der Waals surface area contributed by atoms with Crippen LogP contribution in [0.4, 0.5) is 0 Å². The van der Waals surface area contributed by atoms with E-state index < -0.39 is 9.84 Å². The number of carbonyl (C=O) groups is 1. The Morgan fingerprint density at radius 3 is 2.53 bits per heavy atom.